The van der Waals surface area contributed by atoms with Gasteiger partial charge in [0.2, 0.25) is 0 Å². The molecule has 1 aromatic rings. The highest BCUT2D eigenvalue weighted by Crippen LogP contribution is 2.39. The zero-order valence-corrected chi connectivity index (χ0v) is 12.5. The summed E-state index contributed by atoms with van der Waals surface area (Å²) in [7, 11) is 0. The fraction of sp³-hybridized carbons (Fsp3) is 0.647. The van der Waals surface area contributed by atoms with E-state index in [-0.39, 0.29) is 12.1 Å². The van der Waals surface area contributed by atoms with E-state index in [2.05, 4.69) is 43.9 Å². The van der Waals surface area contributed by atoms with E-state index < -0.39 is 0 Å². The lowest BCUT2D eigenvalue weighted by atomic mass is 9.78. The van der Waals surface area contributed by atoms with E-state index in [9.17, 15) is 5.11 Å². The van der Waals surface area contributed by atoms with Crippen molar-refractivity contribution in [2.45, 2.75) is 58.1 Å². The van der Waals surface area contributed by atoms with E-state index in [0.717, 1.165) is 37.9 Å². The summed E-state index contributed by atoms with van der Waals surface area (Å²) in [6.07, 6.45) is 3.04. The van der Waals surface area contributed by atoms with Gasteiger partial charge < -0.3 is 5.11 Å². The third-order valence-corrected chi connectivity index (χ3v) is 4.30. The largest absolute Gasteiger partial charge is 0.387 e. The van der Waals surface area contributed by atoms with Gasteiger partial charge in [-0.05, 0) is 49.4 Å². The molecule has 2 nitrogen and oxygen atoms in total. The van der Waals surface area contributed by atoms with Crippen molar-refractivity contribution in [3.8, 4) is 0 Å². The van der Waals surface area contributed by atoms with Crippen LogP contribution in [0.1, 0.15) is 63.2 Å². The molecule has 1 N–H and O–H groups in total. The normalized spacial score (nSPS) is 26.5. The monoisotopic (exact) mass is 261 g/mol. The van der Waals surface area contributed by atoms with Crippen LogP contribution in [0.25, 0.3) is 0 Å². The van der Waals surface area contributed by atoms with Gasteiger partial charge in [-0.1, -0.05) is 45.0 Å². The Hall–Kier alpha value is -0.860. The van der Waals surface area contributed by atoms with Gasteiger partial charge in [0.25, 0.3) is 0 Å². The minimum Gasteiger partial charge on any atom is -0.387 e. The quantitative estimate of drug-likeness (QED) is 0.873. The molecule has 0 heterocycles. The predicted molar refractivity (Wildman–Crippen MR) is 80.4 cm³/mol. The first-order valence-corrected chi connectivity index (χ1v) is 7.69. The van der Waals surface area contributed by atoms with E-state index in [1.54, 1.807) is 0 Å². The van der Waals surface area contributed by atoms with Crippen molar-refractivity contribution in [1.29, 1.82) is 0 Å². The second-order valence-electron chi connectivity index (χ2n) is 5.81. The zero-order valence-electron chi connectivity index (χ0n) is 12.5. The SMILES string of the molecule is CCCN(CCC)C1CC(C)c2ccccc2C1O. The average Bonchev–Trinajstić information content (AvgIpc) is 2.43. The molecule has 0 amide bonds. The summed E-state index contributed by atoms with van der Waals surface area (Å²) in [5.74, 6) is 0.542. The molecule has 2 heteroatoms. The van der Waals surface area contributed by atoms with Crippen molar-refractivity contribution in [1.82, 2.24) is 4.90 Å². The van der Waals surface area contributed by atoms with Gasteiger partial charge in [-0.3, -0.25) is 4.90 Å². The third-order valence-electron chi connectivity index (χ3n) is 4.30. The number of fused-ring (bicyclic) bond motifs is 1. The highest BCUT2D eigenvalue weighted by Gasteiger charge is 2.34. The lowest BCUT2D eigenvalue weighted by molar-refractivity contribution is 0.0309. The van der Waals surface area contributed by atoms with Crippen LogP contribution in [-0.4, -0.2) is 29.1 Å². The number of aliphatic hydroxyl groups excluding tert-OH is 1. The highest BCUT2D eigenvalue weighted by molar-refractivity contribution is 5.35. The van der Waals surface area contributed by atoms with Crippen LogP contribution in [0, 0.1) is 0 Å². The lowest BCUT2D eigenvalue weighted by Crippen LogP contribution is -2.43. The number of aliphatic hydroxyl groups is 1. The van der Waals surface area contributed by atoms with Crippen molar-refractivity contribution in [3.05, 3.63) is 35.4 Å². The van der Waals surface area contributed by atoms with Crippen LogP contribution in [0.2, 0.25) is 0 Å². The van der Waals surface area contributed by atoms with Gasteiger partial charge in [0.05, 0.1) is 6.10 Å². The number of hydrogen-bond donors (Lipinski definition) is 1. The van der Waals surface area contributed by atoms with Crippen LogP contribution in [0.15, 0.2) is 24.3 Å². The molecule has 0 saturated heterocycles. The van der Waals surface area contributed by atoms with Crippen molar-refractivity contribution >= 4 is 0 Å². The molecule has 106 valence electrons. The second kappa shape index (κ2) is 6.53. The van der Waals surface area contributed by atoms with Gasteiger partial charge in [-0.25, -0.2) is 0 Å². The van der Waals surface area contributed by atoms with E-state index in [1.807, 2.05) is 6.07 Å². The fourth-order valence-corrected chi connectivity index (χ4v) is 3.42. The van der Waals surface area contributed by atoms with E-state index >= 15 is 0 Å². The molecule has 2 rings (SSSR count). The summed E-state index contributed by atoms with van der Waals surface area (Å²) in [5.41, 5.74) is 2.47. The Morgan fingerprint density at radius 3 is 2.26 bits per heavy atom. The molecule has 3 unspecified atom stereocenters. The van der Waals surface area contributed by atoms with Crippen LogP contribution in [0.5, 0.6) is 0 Å². The summed E-state index contributed by atoms with van der Waals surface area (Å²) >= 11 is 0. The van der Waals surface area contributed by atoms with Crippen molar-refractivity contribution in [3.63, 3.8) is 0 Å². The molecule has 0 saturated carbocycles. The van der Waals surface area contributed by atoms with E-state index in [1.165, 1.54) is 5.56 Å². The molecule has 0 aromatic heterocycles. The molecule has 19 heavy (non-hydrogen) atoms. The Labute approximate surface area is 117 Å². The smallest absolute Gasteiger partial charge is 0.0948 e. The van der Waals surface area contributed by atoms with Crippen LogP contribution in [0.4, 0.5) is 0 Å². The van der Waals surface area contributed by atoms with Gasteiger partial charge in [0.1, 0.15) is 0 Å². The zero-order chi connectivity index (χ0) is 13.8. The Balaban J connectivity index is 2.24. The Kier molecular flexibility index (Phi) is 5.00. The molecule has 0 spiro atoms. The summed E-state index contributed by atoms with van der Waals surface area (Å²) in [5, 5.41) is 10.7. The molecular formula is C17H27NO. The first kappa shape index (κ1) is 14.5. The maximum atomic E-state index is 10.7. The Bertz CT molecular complexity index is 398. The fourth-order valence-electron chi connectivity index (χ4n) is 3.42. The molecular weight excluding hydrogens is 234 g/mol. The lowest BCUT2D eigenvalue weighted by Gasteiger charge is -2.41. The molecule has 1 aliphatic carbocycles. The first-order chi connectivity index (χ1) is 9.19. The molecule has 1 aliphatic rings. The van der Waals surface area contributed by atoms with Crippen LogP contribution < -0.4 is 0 Å². The van der Waals surface area contributed by atoms with Gasteiger partial charge >= 0.3 is 0 Å². The first-order valence-electron chi connectivity index (χ1n) is 7.69. The molecule has 0 radical (unpaired) electrons. The minimum atomic E-state index is -0.328. The van der Waals surface area contributed by atoms with E-state index in [0.29, 0.717) is 5.92 Å². The Morgan fingerprint density at radius 2 is 1.68 bits per heavy atom. The number of nitrogens with zero attached hydrogens (tertiary/aromatic N) is 1. The van der Waals surface area contributed by atoms with Crippen LogP contribution in [-0.2, 0) is 0 Å². The average molecular weight is 261 g/mol. The predicted octanol–water partition coefficient (Wildman–Crippen LogP) is 3.72. The van der Waals surface area contributed by atoms with Crippen LogP contribution in [0.3, 0.4) is 0 Å². The number of benzene rings is 1. The molecule has 0 fully saturated rings. The van der Waals surface area contributed by atoms with Crippen molar-refractivity contribution in [2.75, 3.05) is 13.1 Å². The number of rotatable bonds is 5. The van der Waals surface area contributed by atoms with Crippen molar-refractivity contribution in [2.24, 2.45) is 0 Å². The molecule has 1 aromatic carbocycles. The van der Waals surface area contributed by atoms with Gasteiger partial charge in [0, 0.05) is 6.04 Å². The number of hydrogen-bond acceptors (Lipinski definition) is 2. The summed E-state index contributed by atoms with van der Waals surface area (Å²) < 4.78 is 0. The maximum absolute atomic E-state index is 10.7. The van der Waals surface area contributed by atoms with Gasteiger partial charge in [-0.15, -0.1) is 0 Å². The van der Waals surface area contributed by atoms with E-state index in [4.69, 9.17) is 0 Å². The van der Waals surface area contributed by atoms with Gasteiger partial charge in [-0.2, -0.15) is 0 Å². The second-order valence-corrected chi connectivity index (χ2v) is 5.81. The standard InChI is InChI=1S/C17H27NO/c1-4-10-18(11-5-2)16-12-13(3)14-8-6-7-9-15(14)17(16)19/h6-9,13,16-17,19H,4-5,10-12H2,1-3H3. The van der Waals surface area contributed by atoms with Gasteiger partial charge in [0.15, 0.2) is 0 Å². The molecule has 0 bridgehead atoms. The highest BCUT2D eigenvalue weighted by atomic mass is 16.3. The minimum absolute atomic E-state index is 0.282. The third kappa shape index (κ3) is 3.01. The molecule has 0 aliphatic heterocycles. The summed E-state index contributed by atoms with van der Waals surface area (Å²) in [6.45, 7) is 8.90. The topological polar surface area (TPSA) is 23.5 Å². The molecule has 3 atom stereocenters. The van der Waals surface area contributed by atoms with Crippen LogP contribution >= 0.6 is 0 Å². The van der Waals surface area contributed by atoms with Crippen molar-refractivity contribution < 1.29 is 5.11 Å². The summed E-state index contributed by atoms with van der Waals surface area (Å²) in [4.78, 5) is 2.48. The summed E-state index contributed by atoms with van der Waals surface area (Å²) in [6, 6.07) is 8.67. The Morgan fingerprint density at radius 1 is 1.11 bits per heavy atom. The maximum Gasteiger partial charge on any atom is 0.0948 e.